The molecule has 1 aromatic heterocycles. The molecule has 3 rings (SSSR count). The molecule has 17 heavy (non-hydrogen) atoms. The predicted molar refractivity (Wildman–Crippen MR) is 63.7 cm³/mol. The van der Waals surface area contributed by atoms with Gasteiger partial charge in [0.2, 0.25) is 0 Å². The lowest BCUT2D eigenvalue weighted by molar-refractivity contribution is -0.136. The van der Waals surface area contributed by atoms with Crippen LogP contribution in [0.2, 0.25) is 0 Å². The molecule has 2 unspecified atom stereocenters. The summed E-state index contributed by atoms with van der Waals surface area (Å²) in [5.41, 5.74) is 1.76. The number of rotatable bonds is 2. The third kappa shape index (κ3) is 1.63. The van der Waals surface area contributed by atoms with Crippen LogP contribution >= 0.6 is 11.3 Å². The fraction of sp³-hybridized carbons (Fsp3) is 0.417. The van der Waals surface area contributed by atoms with Crippen LogP contribution in [-0.2, 0) is 16.0 Å². The molecule has 1 aromatic rings. The van der Waals surface area contributed by atoms with E-state index in [0.29, 0.717) is 5.57 Å². The maximum Gasteiger partial charge on any atom is 0.308 e. The number of thiophene rings is 1. The highest BCUT2D eigenvalue weighted by molar-refractivity contribution is 7.13. The number of fused-ring (bicyclic) bond motifs is 4. The molecule has 0 amide bonds. The highest BCUT2D eigenvalue weighted by Crippen LogP contribution is 2.45. The lowest BCUT2D eigenvalue weighted by atomic mass is 10.00. The average molecular weight is 249 g/mol. The maximum absolute atomic E-state index is 11.0. The molecule has 2 bridgehead atoms. The summed E-state index contributed by atoms with van der Waals surface area (Å²) in [6.45, 7) is 0. The van der Waals surface area contributed by atoms with E-state index >= 15 is 0 Å². The fourth-order valence-corrected chi connectivity index (χ4v) is 3.91. The molecule has 2 atom stereocenters. The van der Waals surface area contributed by atoms with Gasteiger partial charge in [-0.05, 0) is 24.5 Å². The zero-order chi connectivity index (χ0) is 12.0. The molecule has 1 fully saturated rings. The number of carboxylic acids is 1. The summed E-state index contributed by atoms with van der Waals surface area (Å²) in [6, 6.07) is 2.32. The van der Waals surface area contributed by atoms with Gasteiger partial charge in [-0.3, -0.25) is 4.79 Å². The fourth-order valence-electron chi connectivity index (χ4n) is 2.66. The molecule has 2 aliphatic heterocycles. The standard InChI is InChI=1S/C12H11NO3S/c14-5-8-10-2-1-9(13-10)7-3-6(4-11(15)16)17-12(7)8/h3,9-10,13H,1-2,4H2,(H,15,16). The molecule has 5 heteroatoms. The van der Waals surface area contributed by atoms with Crippen molar-refractivity contribution < 1.29 is 14.7 Å². The summed E-state index contributed by atoms with van der Waals surface area (Å²) in [5.74, 6) is 1.19. The van der Waals surface area contributed by atoms with E-state index in [2.05, 4.69) is 5.32 Å². The number of carbonyl (C=O) groups is 1. The molecular formula is C12H11NO3S. The minimum Gasteiger partial charge on any atom is -0.481 e. The second kappa shape index (κ2) is 3.81. The second-order valence-electron chi connectivity index (χ2n) is 4.43. The molecule has 0 aliphatic carbocycles. The molecular weight excluding hydrogens is 238 g/mol. The van der Waals surface area contributed by atoms with Crippen molar-refractivity contribution >= 4 is 28.8 Å². The molecule has 2 N–H and O–H groups in total. The van der Waals surface area contributed by atoms with E-state index < -0.39 is 5.97 Å². The van der Waals surface area contributed by atoms with Gasteiger partial charge < -0.3 is 10.4 Å². The van der Waals surface area contributed by atoms with E-state index in [1.54, 1.807) is 0 Å². The van der Waals surface area contributed by atoms with E-state index in [-0.39, 0.29) is 18.5 Å². The topological polar surface area (TPSA) is 66.4 Å². The SMILES string of the molecule is O=C=C1c2sc(CC(=O)O)cc2C2CCC1N2. The quantitative estimate of drug-likeness (QED) is 0.777. The zero-order valence-electron chi connectivity index (χ0n) is 9.03. The first-order chi connectivity index (χ1) is 8.19. The lowest BCUT2D eigenvalue weighted by Crippen LogP contribution is -2.30. The number of nitrogens with one attached hydrogen (secondary N) is 1. The van der Waals surface area contributed by atoms with Crippen LogP contribution in [0.5, 0.6) is 0 Å². The number of hydrogen-bond acceptors (Lipinski definition) is 4. The molecule has 3 heterocycles. The number of hydrogen-bond donors (Lipinski definition) is 2. The Balaban J connectivity index is 2.07. The molecule has 88 valence electrons. The van der Waals surface area contributed by atoms with Crippen molar-refractivity contribution in [2.45, 2.75) is 31.3 Å². The first kappa shape index (κ1) is 10.7. The van der Waals surface area contributed by atoms with Crippen molar-refractivity contribution in [3.05, 3.63) is 21.4 Å². The minimum absolute atomic E-state index is 0.0290. The summed E-state index contributed by atoms with van der Waals surface area (Å²) in [5, 5.41) is 12.2. The highest BCUT2D eigenvalue weighted by Gasteiger charge is 2.38. The van der Waals surface area contributed by atoms with Crippen molar-refractivity contribution in [2.24, 2.45) is 0 Å². The highest BCUT2D eigenvalue weighted by atomic mass is 32.1. The van der Waals surface area contributed by atoms with Crippen molar-refractivity contribution in [2.75, 3.05) is 0 Å². The van der Waals surface area contributed by atoms with Gasteiger partial charge in [0.05, 0.1) is 12.0 Å². The van der Waals surface area contributed by atoms with Crippen molar-refractivity contribution in [3.8, 4) is 0 Å². The van der Waals surface area contributed by atoms with Crippen LogP contribution in [0, 0.1) is 0 Å². The molecule has 0 saturated carbocycles. The monoisotopic (exact) mass is 249 g/mol. The van der Waals surface area contributed by atoms with Gasteiger partial charge in [0.15, 0.2) is 0 Å². The molecule has 2 aliphatic rings. The van der Waals surface area contributed by atoms with Gasteiger partial charge in [0.1, 0.15) is 5.94 Å². The Morgan fingerprint density at radius 1 is 1.53 bits per heavy atom. The number of aliphatic carboxylic acids is 1. The van der Waals surface area contributed by atoms with Gasteiger partial charge in [-0.2, -0.15) is 0 Å². The van der Waals surface area contributed by atoms with Crippen LogP contribution < -0.4 is 5.32 Å². The van der Waals surface area contributed by atoms with Gasteiger partial charge >= 0.3 is 5.97 Å². The van der Waals surface area contributed by atoms with E-state index in [9.17, 15) is 9.59 Å². The number of carbonyl (C=O) groups excluding carboxylic acids is 1. The predicted octanol–water partition coefficient (Wildman–Crippen LogP) is 1.40. The summed E-state index contributed by atoms with van der Waals surface area (Å²) in [6.07, 6.45) is 2.00. The minimum atomic E-state index is -0.835. The summed E-state index contributed by atoms with van der Waals surface area (Å²) in [4.78, 5) is 23.5. The Hall–Kier alpha value is -1.42. The first-order valence-corrected chi connectivity index (χ1v) is 6.36. The van der Waals surface area contributed by atoms with Crippen molar-refractivity contribution in [1.82, 2.24) is 5.32 Å². The van der Waals surface area contributed by atoms with Crippen LogP contribution in [0.1, 0.15) is 34.2 Å². The first-order valence-electron chi connectivity index (χ1n) is 5.55. The van der Waals surface area contributed by atoms with Crippen LogP contribution in [0.3, 0.4) is 0 Å². The summed E-state index contributed by atoms with van der Waals surface area (Å²) < 4.78 is 0. The smallest absolute Gasteiger partial charge is 0.308 e. The van der Waals surface area contributed by atoms with Crippen LogP contribution in [0.25, 0.3) is 5.57 Å². The number of carboxylic acid groups (broad SMARTS) is 1. The Morgan fingerprint density at radius 2 is 2.29 bits per heavy atom. The van der Waals surface area contributed by atoms with Gasteiger partial charge in [0, 0.05) is 21.8 Å². The third-order valence-corrected chi connectivity index (χ3v) is 4.55. The van der Waals surface area contributed by atoms with Gasteiger partial charge in [-0.25, -0.2) is 4.79 Å². The largest absolute Gasteiger partial charge is 0.481 e. The Bertz CT molecular complexity index is 542. The molecule has 0 aromatic carbocycles. The zero-order valence-corrected chi connectivity index (χ0v) is 9.84. The van der Waals surface area contributed by atoms with Crippen LogP contribution in [0.15, 0.2) is 6.07 Å². The van der Waals surface area contributed by atoms with Crippen molar-refractivity contribution in [3.63, 3.8) is 0 Å². The summed E-state index contributed by atoms with van der Waals surface area (Å²) in [7, 11) is 0. The van der Waals surface area contributed by atoms with E-state index in [0.717, 1.165) is 28.2 Å². The molecule has 1 saturated heterocycles. The van der Waals surface area contributed by atoms with Crippen molar-refractivity contribution in [1.29, 1.82) is 0 Å². The Kier molecular flexibility index (Phi) is 2.40. The lowest BCUT2D eigenvalue weighted by Gasteiger charge is -2.21. The van der Waals surface area contributed by atoms with Crippen LogP contribution in [0.4, 0.5) is 0 Å². The maximum atomic E-state index is 11.0. The van der Waals surface area contributed by atoms with Gasteiger partial charge in [0.25, 0.3) is 0 Å². The summed E-state index contributed by atoms with van der Waals surface area (Å²) >= 11 is 1.42. The van der Waals surface area contributed by atoms with Gasteiger partial charge in [-0.15, -0.1) is 11.3 Å². The van der Waals surface area contributed by atoms with E-state index in [4.69, 9.17) is 5.11 Å². The van der Waals surface area contributed by atoms with Gasteiger partial charge in [-0.1, -0.05) is 0 Å². The van der Waals surface area contributed by atoms with E-state index in [1.165, 1.54) is 11.3 Å². The van der Waals surface area contributed by atoms with Crippen LogP contribution in [-0.4, -0.2) is 23.1 Å². The third-order valence-electron chi connectivity index (χ3n) is 3.36. The van der Waals surface area contributed by atoms with E-state index in [1.807, 2.05) is 12.0 Å². The molecule has 4 nitrogen and oxygen atoms in total. The normalized spacial score (nSPS) is 25.5. The second-order valence-corrected chi connectivity index (χ2v) is 5.57. The Labute approximate surface area is 102 Å². The molecule has 0 spiro atoms. The average Bonchev–Trinajstić information content (AvgIpc) is 2.85. The molecule has 0 radical (unpaired) electrons. The Morgan fingerprint density at radius 3 is 3.00 bits per heavy atom.